The van der Waals surface area contributed by atoms with Gasteiger partial charge >= 0.3 is 0 Å². The fourth-order valence-electron chi connectivity index (χ4n) is 1.66. The van der Waals surface area contributed by atoms with Crippen molar-refractivity contribution in [3.05, 3.63) is 0 Å². The highest BCUT2D eigenvalue weighted by Gasteiger charge is 2.40. The van der Waals surface area contributed by atoms with Crippen molar-refractivity contribution in [1.29, 1.82) is 0 Å². The second kappa shape index (κ2) is 6.27. The number of halogens is 1. The van der Waals surface area contributed by atoms with Gasteiger partial charge in [-0.2, -0.15) is 0 Å². The summed E-state index contributed by atoms with van der Waals surface area (Å²) in [5.74, 6) is 0. The summed E-state index contributed by atoms with van der Waals surface area (Å²) >= 11 is 5.61. The van der Waals surface area contributed by atoms with E-state index in [-0.39, 0.29) is 29.3 Å². The molecule has 1 aliphatic rings. The molecule has 0 bridgehead atoms. The molecule has 1 heterocycles. The molecule has 1 saturated heterocycles. The molecule has 0 aromatic heterocycles. The summed E-state index contributed by atoms with van der Waals surface area (Å²) in [6, 6.07) is -0.108. The number of hydrogen-bond acceptors (Lipinski definition) is 3. The van der Waals surface area contributed by atoms with Crippen LogP contribution in [0, 0.1) is 0 Å². The zero-order valence-electron chi connectivity index (χ0n) is 12.0. The van der Waals surface area contributed by atoms with E-state index in [1.807, 2.05) is 0 Å². The van der Waals surface area contributed by atoms with Crippen molar-refractivity contribution in [3.8, 4) is 0 Å². The van der Waals surface area contributed by atoms with Crippen LogP contribution in [0.3, 0.4) is 0 Å². The van der Waals surface area contributed by atoms with Gasteiger partial charge in [-0.15, -0.1) is 0 Å². The highest BCUT2D eigenvalue weighted by Crippen LogP contribution is 2.37. The van der Waals surface area contributed by atoms with Crippen LogP contribution in [0.1, 0.15) is 27.2 Å². The highest BCUT2D eigenvalue weighted by molar-refractivity contribution is 6.74. The van der Waals surface area contributed by atoms with Crippen LogP contribution in [-0.2, 0) is 13.9 Å². The van der Waals surface area contributed by atoms with Crippen molar-refractivity contribution in [2.24, 2.45) is 0 Å². The van der Waals surface area contributed by atoms with Crippen LogP contribution in [0.2, 0.25) is 18.1 Å². The zero-order chi connectivity index (χ0) is 14.0. The molecule has 1 unspecified atom stereocenters. The van der Waals surface area contributed by atoms with Crippen LogP contribution >= 0.6 is 11.6 Å². The Hall–Kier alpha value is 0.452. The molecule has 18 heavy (non-hydrogen) atoms. The summed E-state index contributed by atoms with van der Waals surface area (Å²) in [6.07, 6.45) is 0.522. The van der Waals surface area contributed by atoms with Crippen LogP contribution in [0.15, 0.2) is 0 Å². The largest absolute Gasteiger partial charge is 0.414 e. The summed E-state index contributed by atoms with van der Waals surface area (Å²) in [7, 11) is 4.03. The molecule has 104 valence electrons. The van der Waals surface area contributed by atoms with Gasteiger partial charge in [0.25, 0.3) is 0 Å². The molecule has 1 rings (SSSR count). The van der Waals surface area contributed by atoms with Crippen molar-refractivity contribution in [1.82, 2.24) is 0 Å². The molecule has 1 aliphatic heterocycles. The normalized spacial score (nSPS) is 29.8. The Morgan fingerprint density at radius 3 is 2.50 bits per heavy atom. The van der Waals surface area contributed by atoms with E-state index in [1.165, 1.54) is 0 Å². The molecule has 2 radical (unpaired) electrons. The van der Waals surface area contributed by atoms with Gasteiger partial charge in [0.15, 0.2) is 8.32 Å². The van der Waals surface area contributed by atoms with Crippen molar-refractivity contribution in [2.45, 2.75) is 63.5 Å². The van der Waals surface area contributed by atoms with Crippen LogP contribution in [0.25, 0.3) is 0 Å². The fourth-order valence-corrected chi connectivity index (χ4v) is 2.83. The van der Waals surface area contributed by atoms with Gasteiger partial charge in [-0.25, -0.2) is 0 Å². The van der Waals surface area contributed by atoms with Crippen LogP contribution in [0.5, 0.6) is 0 Å². The molecule has 0 saturated carbocycles. The minimum atomic E-state index is -1.76. The van der Waals surface area contributed by atoms with Crippen molar-refractivity contribution in [2.75, 3.05) is 12.7 Å². The molecule has 0 aliphatic carbocycles. The minimum Gasteiger partial charge on any atom is -0.414 e. The number of rotatable bonds is 5. The second-order valence-electron chi connectivity index (χ2n) is 6.33. The van der Waals surface area contributed by atoms with Gasteiger partial charge < -0.3 is 13.9 Å². The van der Waals surface area contributed by atoms with Crippen LogP contribution in [-0.4, -0.2) is 47.0 Å². The van der Waals surface area contributed by atoms with Crippen molar-refractivity contribution < 1.29 is 13.9 Å². The molecule has 1 fully saturated rings. The third kappa shape index (κ3) is 4.24. The average molecular weight is 291 g/mol. The van der Waals surface area contributed by atoms with Gasteiger partial charge in [0.05, 0.1) is 12.7 Å². The standard InChI is InChI=1S/C12H24BClO3Si/c1-12(2,3)18(4,5)16-7-10-9(15-8-14)6-11(13)17-10/h9-11H,6-8H2,1-5H3/t9?,10-,11-/m1/s1. The molecule has 0 aromatic carbocycles. The van der Waals surface area contributed by atoms with E-state index in [1.54, 1.807) is 0 Å². The fraction of sp³-hybridized carbons (Fsp3) is 1.00. The zero-order valence-corrected chi connectivity index (χ0v) is 13.8. The van der Waals surface area contributed by atoms with Crippen LogP contribution in [0.4, 0.5) is 0 Å². The lowest BCUT2D eigenvalue weighted by molar-refractivity contribution is -0.0225. The van der Waals surface area contributed by atoms with Crippen molar-refractivity contribution in [3.63, 3.8) is 0 Å². The molecule has 3 nitrogen and oxygen atoms in total. The molecule has 3 atom stereocenters. The maximum absolute atomic E-state index is 6.14. The lowest BCUT2D eigenvalue weighted by atomic mass is 9.96. The minimum absolute atomic E-state index is 0.0535. The Kier molecular flexibility index (Phi) is 5.75. The van der Waals surface area contributed by atoms with Crippen molar-refractivity contribution >= 4 is 27.8 Å². The van der Waals surface area contributed by atoms with Gasteiger partial charge in [-0.05, 0) is 24.6 Å². The second-order valence-corrected chi connectivity index (χ2v) is 11.4. The first kappa shape index (κ1) is 16.5. The maximum atomic E-state index is 6.14. The van der Waals surface area contributed by atoms with E-state index in [0.717, 1.165) is 0 Å². The topological polar surface area (TPSA) is 27.7 Å². The first-order valence-electron chi connectivity index (χ1n) is 6.40. The molecular weight excluding hydrogens is 266 g/mol. The summed E-state index contributed by atoms with van der Waals surface area (Å²) < 4.78 is 17.2. The molecule has 0 aromatic rings. The third-order valence-electron chi connectivity index (χ3n) is 3.92. The maximum Gasteiger partial charge on any atom is 0.192 e. The molecule has 0 N–H and O–H groups in total. The monoisotopic (exact) mass is 290 g/mol. The Morgan fingerprint density at radius 1 is 1.39 bits per heavy atom. The van der Waals surface area contributed by atoms with E-state index in [4.69, 9.17) is 33.3 Å². The van der Waals surface area contributed by atoms with Gasteiger partial charge in [0.2, 0.25) is 0 Å². The van der Waals surface area contributed by atoms with Crippen LogP contribution < -0.4 is 0 Å². The summed E-state index contributed by atoms with van der Waals surface area (Å²) in [6.45, 7) is 11.6. The number of alkyl halides is 1. The lowest BCUT2D eigenvalue weighted by Gasteiger charge is -2.37. The summed E-state index contributed by atoms with van der Waals surface area (Å²) in [5, 5.41) is 0.191. The average Bonchev–Trinajstić information content (AvgIpc) is 2.55. The SMILES string of the molecule is [B][C@H]1CC(OCCl)[C@@H](CO[Si](C)(C)C(C)(C)C)O1. The van der Waals surface area contributed by atoms with E-state index in [9.17, 15) is 0 Å². The van der Waals surface area contributed by atoms with E-state index in [0.29, 0.717) is 13.0 Å². The van der Waals surface area contributed by atoms with E-state index in [2.05, 4.69) is 33.9 Å². The summed E-state index contributed by atoms with van der Waals surface area (Å²) in [4.78, 5) is 0. The molecular formula is C12H24BClO3Si. The lowest BCUT2D eigenvalue weighted by Crippen LogP contribution is -2.44. The van der Waals surface area contributed by atoms with E-state index >= 15 is 0 Å². The third-order valence-corrected chi connectivity index (χ3v) is 8.55. The Bertz CT molecular complexity index is 271. The number of hydrogen-bond donors (Lipinski definition) is 0. The Morgan fingerprint density at radius 2 is 2.00 bits per heavy atom. The first-order chi connectivity index (χ1) is 8.17. The highest BCUT2D eigenvalue weighted by atomic mass is 35.5. The molecule has 6 heteroatoms. The van der Waals surface area contributed by atoms with Gasteiger partial charge in [0.1, 0.15) is 20.0 Å². The van der Waals surface area contributed by atoms with Gasteiger partial charge in [-0.3, -0.25) is 0 Å². The quantitative estimate of drug-likeness (QED) is 0.576. The summed E-state index contributed by atoms with van der Waals surface area (Å²) in [5.41, 5.74) is 0. The smallest absolute Gasteiger partial charge is 0.192 e. The first-order valence-corrected chi connectivity index (χ1v) is 9.84. The van der Waals surface area contributed by atoms with Gasteiger partial charge in [0, 0.05) is 6.00 Å². The predicted octanol–water partition coefficient (Wildman–Crippen LogP) is 2.87. The Balaban J connectivity index is 2.52. The Labute approximate surface area is 118 Å². The van der Waals surface area contributed by atoms with Gasteiger partial charge in [-0.1, -0.05) is 32.4 Å². The predicted molar refractivity (Wildman–Crippen MR) is 77.8 cm³/mol. The molecule has 0 amide bonds. The number of ether oxygens (including phenoxy) is 2. The molecule has 0 spiro atoms. The van der Waals surface area contributed by atoms with E-state index < -0.39 is 8.32 Å².